The number of anilines is 1. The lowest BCUT2D eigenvalue weighted by Crippen LogP contribution is -1.99. The van der Waals surface area contributed by atoms with Crippen LogP contribution in [-0.2, 0) is 0 Å². The second-order valence-corrected chi connectivity index (χ2v) is 6.85. The third-order valence-electron chi connectivity index (χ3n) is 4.97. The molecule has 27 heavy (non-hydrogen) atoms. The molecule has 1 aromatic heterocycles. The van der Waals surface area contributed by atoms with Crippen LogP contribution in [0.25, 0.3) is 33.5 Å². The van der Waals surface area contributed by atoms with E-state index in [9.17, 15) is 0 Å². The molecule has 0 spiro atoms. The van der Waals surface area contributed by atoms with E-state index >= 15 is 0 Å². The first-order valence-electron chi connectivity index (χ1n) is 9.12. The van der Waals surface area contributed by atoms with Crippen molar-refractivity contribution >= 4 is 5.82 Å². The minimum Gasteiger partial charge on any atom is -0.384 e. The van der Waals surface area contributed by atoms with Crippen molar-refractivity contribution in [3.8, 4) is 33.5 Å². The van der Waals surface area contributed by atoms with E-state index in [0.717, 1.165) is 33.5 Å². The highest BCUT2D eigenvalue weighted by molar-refractivity contribution is 5.94. The summed E-state index contributed by atoms with van der Waals surface area (Å²) in [6, 6.07) is 29.2. The Labute approximate surface area is 160 Å². The van der Waals surface area contributed by atoms with Crippen molar-refractivity contribution in [1.29, 1.82) is 0 Å². The maximum absolute atomic E-state index is 6.24. The zero-order valence-electron chi connectivity index (χ0n) is 15.6. The molecule has 0 unspecified atom stereocenters. The van der Waals surface area contributed by atoms with E-state index in [1.807, 2.05) is 30.3 Å². The van der Waals surface area contributed by atoms with Crippen LogP contribution < -0.4 is 5.73 Å². The average Bonchev–Trinajstić information content (AvgIpc) is 2.71. The van der Waals surface area contributed by atoms with Gasteiger partial charge in [0.2, 0.25) is 0 Å². The van der Waals surface area contributed by atoms with Crippen molar-refractivity contribution in [1.82, 2.24) is 4.98 Å². The van der Waals surface area contributed by atoms with Crippen molar-refractivity contribution in [2.24, 2.45) is 0 Å². The van der Waals surface area contributed by atoms with Crippen molar-refractivity contribution in [2.45, 2.75) is 13.8 Å². The van der Waals surface area contributed by atoms with E-state index in [1.54, 1.807) is 0 Å². The molecular formula is C25H22N2. The zero-order chi connectivity index (χ0) is 18.8. The topological polar surface area (TPSA) is 38.9 Å². The Kier molecular flexibility index (Phi) is 4.47. The van der Waals surface area contributed by atoms with E-state index in [4.69, 9.17) is 10.7 Å². The first-order valence-corrected chi connectivity index (χ1v) is 9.12. The number of hydrogen-bond acceptors (Lipinski definition) is 2. The molecule has 0 aliphatic rings. The van der Waals surface area contributed by atoms with Gasteiger partial charge in [-0.2, -0.15) is 0 Å². The Morgan fingerprint density at radius 1 is 0.630 bits per heavy atom. The lowest BCUT2D eigenvalue weighted by molar-refractivity contribution is 1.32. The molecule has 132 valence electrons. The number of benzene rings is 3. The maximum atomic E-state index is 6.24. The molecular weight excluding hydrogens is 328 g/mol. The van der Waals surface area contributed by atoms with Gasteiger partial charge < -0.3 is 5.73 Å². The number of nitrogen functional groups attached to an aromatic ring is 1. The molecule has 4 rings (SSSR count). The number of hydrogen-bond donors (Lipinski definition) is 1. The van der Waals surface area contributed by atoms with E-state index in [2.05, 4.69) is 68.4 Å². The summed E-state index contributed by atoms with van der Waals surface area (Å²) in [7, 11) is 0. The Bertz CT molecular complexity index is 1080. The first-order chi connectivity index (χ1) is 13.1. The smallest absolute Gasteiger partial charge is 0.124 e. The number of rotatable bonds is 3. The fraction of sp³-hybridized carbons (Fsp3) is 0.0800. The number of pyridine rings is 1. The molecule has 0 atom stereocenters. The number of nitrogens with two attached hydrogens (primary N) is 1. The molecule has 0 aliphatic heterocycles. The van der Waals surface area contributed by atoms with Crippen molar-refractivity contribution < 1.29 is 0 Å². The molecule has 0 aliphatic carbocycles. The summed E-state index contributed by atoms with van der Waals surface area (Å²) in [5, 5.41) is 0. The first kappa shape index (κ1) is 17.0. The Balaban J connectivity index is 2.06. The van der Waals surface area contributed by atoms with Gasteiger partial charge in [0.15, 0.2) is 0 Å². The normalized spacial score (nSPS) is 10.7. The predicted octanol–water partition coefficient (Wildman–Crippen LogP) is 6.28. The van der Waals surface area contributed by atoms with Crippen LogP contribution in [0, 0.1) is 13.8 Å². The summed E-state index contributed by atoms with van der Waals surface area (Å²) < 4.78 is 0. The second-order valence-electron chi connectivity index (χ2n) is 6.85. The summed E-state index contributed by atoms with van der Waals surface area (Å²) in [5.74, 6) is 0.529. The summed E-state index contributed by atoms with van der Waals surface area (Å²) in [6.07, 6.45) is 0. The Hall–Kier alpha value is -3.39. The van der Waals surface area contributed by atoms with Crippen LogP contribution in [0.3, 0.4) is 0 Å². The van der Waals surface area contributed by atoms with Gasteiger partial charge >= 0.3 is 0 Å². The molecule has 4 aromatic rings. The van der Waals surface area contributed by atoms with Gasteiger partial charge in [-0.25, -0.2) is 4.98 Å². The molecule has 0 saturated carbocycles. The number of nitrogens with zero attached hydrogens (tertiary/aromatic N) is 1. The highest BCUT2D eigenvalue weighted by atomic mass is 14.8. The summed E-state index contributed by atoms with van der Waals surface area (Å²) in [4.78, 5) is 4.72. The van der Waals surface area contributed by atoms with Crippen LogP contribution >= 0.6 is 0 Å². The van der Waals surface area contributed by atoms with Gasteiger partial charge in [-0.3, -0.25) is 0 Å². The third-order valence-corrected chi connectivity index (χ3v) is 4.97. The van der Waals surface area contributed by atoms with Crippen molar-refractivity contribution in [3.05, 3.63) is 96.1 Å². The molecule has 0 bridgehead atoms. The molecule has 2 N–H and O–H groups in total. The van der Waals surface area contributed by atoms with Gasteiger partial charge in [0.25, 0.3) is 0 Å². The van der Waals surface area contributed by atoms with Gasteiger partial charge in [-0.15, -0.1) is 0 Å². The van der Waals surface area contributed by atoms with E-state index in [1.165, 1.54) is 11.1 Å². The third kappa shape index (κ3) is 3.34. The summed E-state index contributed by atoms with van der Waals surface area (Å²) >= 11 is 0. The lowest BCUT2D eigenvalue weighted by Gasteiger charge is -2.17. The van der Waals surface area contributed by atoms with Gasteiger partial charge in [0.1, 0.15) is 5.82 Å². The Morgan fingerprint density at radius 2 is 1.26 bits per heavy atom. The van der Waals surface area contributed by atoms with Crippen LogP contribution in [0.1, 0.15) is 11.1 Å². The SMILES string of the molecule is Cc1ccc(-c2cc(N)nc(-c3ccccc3)c2-c2ccccc2)cc1C. The predicted molar refractivity (Wildman–Crippen MR) is 114 cm³/mol. The van der Waals surface area contributed by atoms with Gasteiger partial charge in [-0.05, 0) is 47.7 Å². The fourth-order valence-corrected chi connectivity index (χ4v) is 3.40. The standard InChI is InChI=1S/C25H22N2/c1-17-13-14-21(15-18(17)2)22-16-23(26)27-25(20-11-7-4-8-12-20)24(22)19-9-5-3-6-10-19/h3-16H,1-2H3,(H2,26,27). The molecule has 3 aromatic carbocycles. The average molecular weight is 350 g/mol. The fourth-order valence-electron chi connectivity index (χ4n) is 3.40. The zero-order valence-corrected chi connectivity index (χ0v) is 15.6. The highest BCUT2D eigenvalue weighted by Gasteiger charge is 2.17. The second kappa shape index (κ2) is 7.08. The van der Waals surface area contributed by atoms with Gasteiger partial charge in [0.05, 0.1) is 5.69 Å². The van der Waals surface area contributed by atoms with E-state index in [0.29, 0.717) is 5.82 Å². The van der Waals surface area contributed by atoms with E-state index < -0.39 is 0 Å². The lowest BCUT2D eigenvalue weighted by atomic mass is 9.90. The quantitative estimate of drug-likeness (QED) is 0.472. The van der Waals surface area contributed by atoms with Crippen molar-refractivity contribution in [2.75, 3.05) is 5.73 Å². The molecule has 0 saturated heterocycles. The molecule has 0 radical (unpaired) electrons. The Morgan fingerprint density at radius 3 is 1.89 bits per heavy atom. The van der Waals surface area contributed by atoms with Gasteiger partial charge in [-0.1, -0.05) is 78.9 Å². The van der Waals surface area contributed by atoms with Crippen molar-refractivity contribution in [3.63, 3.8) is 0 Å². The highest BCUT2D eigenvalue weighted by Crippen LogP contribution is 2.40. The van der Waals surface area contributed by atoms with E-state index in [-0.39, 0.29) is 0 Å². The molecule has 2 heteroatoms. The van der Waals surface area contributed by atoms with Crippen LogP contribution in [0.15, 0.2) is 84.9 Å². The minimum absolute atomic E-state index is 0.529. The monoisotopic (exact) mass is 350 g/mol. The number of aromatic nitrogens is 1. The van der Waals surface area contributed by atoms with Crippen LogP contribution in [0.5, 0.6) is 0 Å². The summed E-state index contributed by atoms with van der Waals surface area (Å²) in [5.41, 5.74) is 15.3. The minimum atomic E-state index is 0.529. The molecule has 1 heterocycles. The van der Waals surface area contributed by atoms with Gasteiger partial charge in [0, 0.05) is 11.1 Å². The molecule has 2 nitrogen and oxygen atoms in total. The maximum Gasteiger partial charge on any atom is 0.124 e. The van der Waals surface area contributed by atoms with Crippen LogP contribution in [0.4, 0.5) is 5.82 Å². The molecule has 0 fully saturated rings. The molecule has 0 amide bonds. The van der Waals surface area contributed by atoms with Crippen LogP contribution in [-0.4, -0.2) is 4.98 Å². The largest absolute Gasteiger partial charge is 0.384 e. The van der Waals surface area contributed by atoms with Crippen LogP contribution in [0.2, 0.25) is 0 Å². The summed E-state index contributed by atoms with van der Waals surface area (Å²) in [6.45, 7) is 4.28. The number of aryl methyl sites for hydroxylation is 2.